The Labute approximate surface area is 108 Å². The standard InChI is InChI=1S/C11H7BFNO.Pt/c13-12-10-7-4-8-11(14-10)15-9-5-2-1-3-6-9;/h1-5,7-8H;/q-1;. The summed E-state index contributed by atoms with van der Waals surface area (Å²) >= 11 is 0. The maximum absolute atomic E-state index is 12.2. The molecular formula is C11H7BFNOPt-. The average molecular weight is 394 g/mol. The van der Waals surface area contributed by atoms with Gasteiger partial charge in [0.05, 0.1) is 0 Å². The molecule has 5 heteroatoms. The Hall–Kier alpha value is -1.15. The van der Waals surface area contributed by atoms with Crippen LogP contribution >= 0.6 is 0 Å². The summed E-state index contributed by atoms with van der Waals surface area (Å²) in [6.45, 7) is 0. The van der Waals surface area contributed by atoms with E-state index in [4.69, 9.17) is 4.74 Å². The Kier molecular flexibility index (Phi) is 5.20. The molecule has 1 heterocycles. The van der Waals surface area contributed by atoms with Gasteiger partial charge in [-0.3, -0.25) is 0 Å². The van der Waals surface area contributed by atoms with Gasteiger partial charge < -0.3 is 9.05 Å². The summed E-state index contributed by atoms with van der Waals surface area (Å²) in [7, 11) is 0.432. The molecule has 0 aliphatic heterocycles. The number of pyridine rings is 1. The monoisotopic (exact) mass is 394 g/mol. The van der Waals surface area contributed by atoms with E-state index in [1.54, 1.807) is 30.3 Å². The number of rotatable bonds is 3. The first kappa shape index (κ1) is 12.9. The minimum Gasteiger partial charge on any atom is -0.466 e. The minimum atomic E-state index is 0. The molecule has 83 valence electrons. The van der Waals surface area contributed by atoms with Crippen molar-refractivity contribution in [2.24, 2.45) is 0 Å². The minimum absolute atomic E-state index is 0. The van der Waals surface area contributed by atoms with Crippen LogP contribution < -0.4 is 10.3 Å². The largest absolute Gasteiger partial charge is 0.466 e. The summed E-state index contributed by atoms with van der Waals surface area (Å²) < 4.78 is 17.6. The smallest absolute Gasteiger partial charge is 0.411 e. The number of aromatic nitrogens is 1. The Balaban J connectivity index is 0.00000128. The van der Waals surface area contributed by atoms with Crippen LogP contribution in [0.1, 0.15) is 0 Å². The van der Waals surface area contributed by atoms with Crippen molar-refractivity contribution in [1.29, 1.82) is 0 Å². The zero-order valence-corrected chi connectivity index (χ0v) is 10.4. The Bertz CT molecular complexity index is 441. The van der Waals surface area contributed by atoms with Crippen LogP contribution in [-0.4, -0.2) is 12.5 Å². The molecule has 0 fully saturated rings. The number of hydrogen-bond acceptors (Lipinski definition) is 2. The van der Waals surface area contributed by atoms with Crippen molar-refractivity contribution in [2.45, 2.75) is 0 Å². The Morgan fingerprint density at radius 3 is 2.75 bits per heavy atom. The molecule has 0 saturated heterocycles. The van der Waals surface area contributed by atoms with Crippen molar-refractivity contribution in [3.8, 4) is 11.6 Å². The van der Waals surface area contributed by atoms with E-state index in [1.165, 1.54) is 0 Å². The molecule has 0 atom stereocenters. The summed E-state index contributed by atoms with van der Waals surface area (Å²) in [5, 5.41) is 0. The van der Waals surface area contributed by atoms with E-state index in [-0.39, 0.29) is 26.7 Å². The van der Waals surface area contributed by atoms with Crippen molar-refractivity contribution >= 4 is 13.1 Å². The van der Waals surface area contributed by atoms with E-state index in [2.05, 4.69) is 11.1 Å². The first-order chi connectivity index (χ1) is 7.38. The van der Waals surface area contributed by atoms with E-state index in [0.29, 0.717) is 19.2 Å². The van der Waals surface area contributed by atoms with Gasteiger partial charge in [-0.05, 0) is 6.07 Å². The number of hydrogen-bond donors (Lipinski definition) is 0. The van der Waals surface area contributed by atoms with Crippen LogP contribution in [0.15, 0.2) is 42.5 Å². The SMILES string of the molecule is F[B]c1cccc(Oc2[c-]cccc2)n1.[Pt]. The van der Waals surface area contributed by atoms with Crippen molar-refractivity contribution in [3.05, 3.63) is 48.5 Å². The number of halogens is 1. The third kappa shape index (κ3) is 3.46. The normalized spacial score (nSPS) is 9.06. The quantitative estimate of drug-likeness (QED) is 0.586. The molecule has 2 rings (SSSR count). The first-order valence-electron chi connectivity index (χ1n) is 4.43. The fourth-order valence-corrected chi connectivity index (χ4v) is 1.10. The number of ether oxygens (including phenoxy) is 1. The fraction of sp³-hybridized carbons (Fsp3) is 0. The Morgan fingerprint density at radius 1 is 1.19 bits per heavy atom. The molecule has 0 spiro atoms. The molecule has 2 aromatic rings. The van der Waals surface area contributed by atoms with Crippen LogP contribution in [0.25, 0.3) is 0 Å². The molecule has 0 bridgehead atoms. The van der Waals surface area contributed by atoms with E-state index >= 15 is 0 Å². The molecule has 1 aromatic carbocycles. The average Bonchev–Trinajstić information content (AvgIpc) is 2.31. The number of benzene rings is 1. The third-order valence-electron chi connectivity index (χ3n) is 1.75. The first-order valence-corrected chi connectivity index (χ1v) is 4.43. The molecule has 0 unspecified atom stereocenters. The summed E-state index contributed by atoms with van der Waals surface area (Å²) in [6.07, 6.45) is 0. The zero-order valence-electron chi connectivity index (χ0n) is 8.17. The topological polar surface area (TPSA) is 22.1 Å². The molecule has 0 saturated carbocycles. The van der Waals surface area contributed by atoms with E-state index in [0.717, 1.165) is 0 Å². The van der Waals surface area contributed by atoms with Gasteiger partial charge in [0.25, 0.3) is 0 Å². The zero-order chi connectivity index (χ0) is 10.5. The van der Waals surface area contributed by atoms with Gasteiger partial charge in [0.1, 0.15) is 0 Å². The second-order valence-corrected chi connectivity index (χ2v) is 2.84. The van der Waals surface area contributed by atoms with Gasteiger partial charge in [-0.2, -0.15) is 18.2 Å². The summed E-state index contributed by atoms with van der Waals surface area (Å²) in [4.78, 5) is 3.91. The van der Waals surface area contributed by atoms with E-state index in [9.17, 15) is 4.32 Å². The van der Waals surface area contributed by atoms with Gasteiger partial charge in [-0.1, -0.05) is 6.07 Å². The summed E-state index contributed by atoms with van der Waals surface area (Å²) in [5.41, 5.74) is 0.239. The van der Waals surface area contributed by atoms with E-state index in [1.807, 2.05) is 12.1 Å². The molecule has 2 nitrogen and oxygen atoms in total. The van der Waals surface area contributed by atoms with Crippen LogP contribution in [0, 0.1) is 6.07 Å². The fourth-order valence-electron chi connectivity index (χ4n) is 1.10. The predicted molar refractivity (Wildman–Crippen MR) is 56.1 cm³/mol. The molecule has 1 aromatic heterocycles. The maximum Gasteiger partial charge on any atom is 0.411 e. The van der Waals surface area contributed by atoms with Gasteiger partial charge in [0.15, 0.2) is 0 Å². The van der Waals surface area contributed by atoms with Gasteiger partial charge in [-0.15, -0.1) is 12.1 Å². The summed E-state index contributed by atoms with van der Waals surface area (Å²) in [5.74, 6) is 0.907. The van der Waals surface area contributed by atoms with Crippen LogP contribution in [0.2, 0.25) is 0 Å². The van der Waals surface area contributed by atoms with Crippen molar-refractivity contribution in [2.75, 3.05) is 0 Å². The predicted octanol–water partition coefficient (Wildman–Crippen LogP) is 1.89. The third-order valence-corrected chi connectivity index (χ3v) is 1.75. The van der Waals surface area contributed by atoms with Crippen LogP contribution in [-0.2, 0) is 21.1 Å². The Morgan fingerprint density at radius 2 is 2.06 bits per heavy atom. The molecule has 16 heavy (non-hydrogen) atoms. The molecule has 1 radical (unpaired) electrons. The van der Waals surface area contributed by atoms with Crippen LogP contribution in [0.5, 0.6) is 11.6 Å². The molecule has 0 aliphatic rings. The van der Waals surface area contributed by atoms with Crippen LogP contribution in [0.3, 0.4) is 0 Å². The summed E-state index contributed by atoms with van der Waals surface area (Å²) in [6, 6.07) is 14.9. The van der Waals surface area contributed by atoms with Gasteiger partial charge in [-0.25, -0.2) is 4.98 Å². The molecule has 0 amide bonds. The van der Waals surface area contributed by atoms with Gasteiger partial charge in [0.2, 0.25) is 5.88 Å². The second-order valence-electron chi connectivity index (χ2n) is 2.84. The van der Waals surface area contributed by atoms with Crippen molar-refractivity contribution in [3.63, 3.8) is 0 Å². The van der Waals surface area contributed by atoms with Crippen LogP contribution in [0.4, 0.5) is 4.32 Å². The van der Waals surface area contributed by atoms with Gasteiger partial charge in [0, 0.05) is 38.5 Å². The number of nitrogens with zero attached hydrogens (tertiary/aromatic N) is 1. The number of para-hydroxylation sites is 1. The van der Waals surface area contributed by atoms with Gasteiger partial charge >= 0.3 is 7.56 Å². The van der Waals surface area contributed by atoms with Crippen molar-refractivity contribution < 1.29 is 30.1 Å². The van der Waals surface area contributed by atoms with E-state index < -0.39 is 0 Å². The maximum atomic E-state index is 12.2. The van der Waals surface area contributed by atoms with Crippen molar-refractivity contribution in [1.82, 2.24) is 4.98 Å². The molecule has 0 N–H and O–H groups in total. The molecular weight excluding hydrogens is 387 g/mol. The molecule has 0 aliphatic carbocycles. The second kappa shape index (κ2) is 6.44.